The molecule has 0 bridgehead atoms. The van der Waals surface area contributed by atoms with Crippen molar-refractivity contribution in [2.75, 3.05) is 6.54 Å². The molecule has 0 aliphatic heterocycles. The first-order valence-corrected chi connectivity index (χ1v) is 6.02. The molecule has 1 heterocycles. The second-order valence-corrected chi connectivity index (χ2v) is 4.20. The minimum atomic E-state index is -2.41. The Hall–Kier alpha value is -1.82. The minimum absolute atomic E-state index is 0.0464. The molecular formula is C13H15F2N3O. The highest BCUT2D eigenvalue weighted by molar-refractivity contribution is 5.23. The molecule has 1 aromatic carbocycles. The van der Waals surface area contributed by atoms with Crippen LogP contribution in [0.1, 0.15) is 29.3 Å². The van der Waals surface area contributed by atoms with Gasteiger partial charge in [0.25, 0.3) is 6.43 Å². The van der Waals surface area contributed by atoms with Crippen LogP contribution in [-0.4, -0.2) is 16.7 Å². The smallest absolute Gasteiger partial charge is 0.263 e. The zero-order valence-corrected chi connectivity index (χ0v) is 10.6. The van der Waals surface area contributed by atoms with Crippen molar-refractivity contribution in [3.05, 3.63) is 47.1 Å². The van der Waals surface area contributed by atoms with E-state index in [4.69, 9.17) is 4.52 Å². The molecule has 0 aliphatic carbocycles. The number of benzene rings is 1. The van der Waals surface area contributed by atoms with Gasteiger partial charge in [-0.15, -0.1) is 0 Å². The molecule has 1 aromatic heterocycles. The average Bonchev–Trinajstić information content (AvgIpc) is 2.81. The zero-order chi connectivity index (χ0) is 13.7. The van der Waals surface area contributed by atoms with Gasteiger partial charge in [0, 0.05) is 25.1 Å². The molecule has 0 aliphatic rings. The number of hydrogen-bond donors (Lipinski definition) is 1. The van der Waals surface area contributed by atoms with Crippen molar-refractivity contribution < 1.29 is 13.3 Å². The maximum absolute atomic E-state index is 12.4. The van der Waals surface area contributed by atoms with E-state index in [1.54, 1.807) is 19.1 Å². The van der Waals surface area contributed by atoms with Crippen LogP contribution in [0.4, 0.5) is 8.78 Å². The summed E-state index contributed by atoms with van der Waals surface area (Å²) in [6.45, 7) is 3.08. The van der Waals surface area contributed by atoms with E-state index in [0.717, 1.165) is 5.56 Å². The molecule has 0 amide bonds. The van der Waals surface area contributed by atoms with Gasteiger partial charge in [-0.1, -0.05) is 29.4 Å². The lowest BCUT2D eigenvalue weighted by atomic mass is 10.1. The van der Waals surface area contributed by atoms with Crippen molar-refractivity contribution in [3.63, 3.8) is 0 Å². The molecular weight excluding hydrogens is 252 g/mol. The Morgan fingerprint density at radius 2 is 2.00 bits per heavy atom. The first-order chi connectivity index (χ1) is 9.15. The van der Waals surface area contributed by atoms with E-state index in [1.807, 2.05) is 0 Å². The minimum Gasteiger partial charge on any atom is -0.339 e. The highest BCUT2D eigenvalue weighted by Gasteiger charge is 2.06. The number of aromatic nitrogens is 2. The van der Waals surface area contributed by atoms with Crippen LogP contribution in [0.15, 0.2) is 28.8 Å². The number of alkyl halides is 2. The van der Waals surface area contributed by atoms with Gasteiger partial charge in [-0.2, -0.15) is 4.98 Å². The Kier molecular flexibility index (Phi) is 4.57. The Balaban J connectivity index is 1.73. The van der Waals surface area contributed by atoms with Crippen molar-refractivity contribution >= 4 is 0 Å². The monoisotopic (exact) mass is 267 g/mol. The van der Waals surface area contributed by atoms with Gasteiger partial charge in [-0.05, 0) is 12.5 Å². The molecule has 4 nitrogen and oxygen atoms in total. The van der Waals surface area contributed by atoms with Crippen LogP contribution in [0, 0.1) is 6.92 Å². The Morgan fingerprint density at radius 1 is 1.26 bits per heavy atom. The number of halogens is 2. The molecule has 0 radical (unpaired) electrons. The Morgan fingerprint density at radius 3 is 2.58 bits per heavy atom. The lowest BCUT2D eigenvalue weighted by molar-refractivity contribution is 0.151. The molecule has 1 N–H and O–H groups in total. The van der Waals surface area contributed by atoms with E-state index in [2.05, 4.69) is 15.5 Å². The van der Waals surface area contributed by atoms with Crippen LogP contribution < -0.4 is 5.32 Å². The SMILES string of the molecule is Cc1noc(CCNCc2ccc(C(F)F)cc2)n1. The topological polar surface area (TPSA) is 51.0 Å². The fourth-order valence-corrected chi connectivity index (χ4v) is 1.65. The fourth-order valence-electron chi connectivity index (χ4n) is 1.65. The second-order valence-electron chi connectivity index (χ2n) is 4.20. The number of aryl methyl sites for hydroxylation is 1. The predicted octanol–water partition coefficient (Wildman–Crippen LogP) is 2.65. The molecule has 0 unspecified atom stereocenters. The molecule has 2 aromatic rings. The van der Waals surface area contributed by atoms with Crippen LogP contribution in [0.5, 0.6) is 0 Å². The van der Waals surface area contributed by atoms with Gasteiger partial charge in [0.2, 0.25) is 5.89 Å². The maximum Gasteiger partial charge on any atom is 0.263 e. The van der Waals surface area contributed by atoms with E-state index in [1.165, 1.54) is 12.1 Å². The third kappa shape index (κ3) is 4.10. The summed E-state index contributed by atoms with van der Waals surface area (Å²) >= 11 is 0. The summed E-state index contributed by atoms with van der Waals surface area (Å²) in [7, 11) is 0. The molecule has 0 fully saturated rings. The van der Waals surface area contributed by atoms with Gasteiger partial charge in [-0.3, -0.25) is 0 Å². The lowest BCUT2D eigenvalue weighted by Crippen LogP contribution is -2.16. The maximum atomic E-state index is 12.4. The van der Waals surface area contributed by atoms with E-state index in [0.29, 0.717) is 31.2 Å². The van der Waals surface area contributed by atoms with Gasteiger partial charge in [-0.25, -0.2) is 8.78 Å². The van der Waals surface area contributed by atoms with Crippen LogP contribution in [0.2, 0.25) is 0 Å². The van der Waals surface area contributed by atoms with Crippen LogP contribution in [0.25, 0.3) is 0 Å². The van der Waals surface area contributed by atoms with Crippen molar-refractivity contribution in [1.29, 1.82) is 0 Å². The Labute approximate surface area is 109 Å². The summed E-state index contributed by atoms with van der Waals surface area (Å²) in [5.41, 5.74) is 1.01. The second kappa shape index (κ2) is 6.38. The fraction of sp³-hybridized carbons (Fsp3) is 0.385. The lowest BCUT2D eigenvalue weighted by Gasteiger charge is -2.04. The Bertz CT molecular complexity index is 511. The summed E-state index contributed by atoms with van der Waals surface area (Å²) in [6.07, 6.45) is -1.77. The van der Waals surface area contributed by atoms with Crippen LogP contribution in [0.3, 0.4) is 0 Å². The van der Waals surface area contributed by atoms with Gasteiger partial charge < -0.3 is 9.84 Å². The third-order valence-corrected chi connectivity index (χ3v) is 2.65. The van der Waals surface area contributed by atoms with E-state index in [9.17, 15) is 8.78 Å². The standard InChI is InChI=1S/C13H15F2N3O/c1-9-17-12(19-18-9)6-7-16-8-10-2-4-11(5-3-10)13(14)15/h2-5,13,16H,6-8H2,1H3. The van der Waals surface area contributed by atoms with Crippen molar-refractivity contribution in [1.82, 2.24) is 15.5 Å². The van der Waals surface area contributed by atoms with Gasteiger partial charge >= 0.3 is 0 Å². The van der Waals surface area contributed by atoms with Crippen molar-refractivity contribution in [2.24, 2.45) is 0 Å². The summed E-state index contributed by atoms with van der Waals surface area (Å²) in [5, 5.41) is 6.89. The molecule has 6 heteroatoms. The van der Waals surface area contributed by atoms with E-state index in [-0.39, 0.29) is 5.56 Å². The molecule has 19 heavy (non-hydrogen) atoms. The normalized spacial score (nSPS) is 11.2. The van der Waals surface area contributed by atoms with E-state index < -0.39 is 6.43 Å². The highest BCUT2D eigenvalue weighted by atomic mass is 19.3. The van der Waals surface area contributed by atoms with Crippen LogP contribution in [-0.2, 0) is 13.0 Å². The van der Waals surface area contributed by atoms with Gasteiger partial charge in [0.05, 0.1) is 0 Å². The predicted molar refractivity (Wildman–Crippen MR) is 65.8 cm³/mol. The molecule has 0 saturated heterocycles. The summed E-state index contributed by atoms with van der Waals surface area (Å²) in [4.78, 5) is 4.09. The zero-order valence-electron chi connectivity index (χ0n) is 10.6. The quantitative estimate of drug-likeness (QED) is 0.817. The number of nitrogens with one attached hydrogen (secondary N) is 1. The highest BCUT2D eigenvalue weighted by Crippen LogP contribution is 2.18. The third-order valence-electron chi connectivity index (χ3n) is 2.65. The van der Waals surface area contributed by atoms with Crippen molar-refractivity contribution in [3.8, 4) is 0 Å². The number of nitrogens with zero attached hydrogens (tertiary/aromatic N) is 2. The molecule has 0 saturated carbocycles. The van der Waals surface area contributed by atoms with Gasteiger partial charge in [0.1, 0.15) is 0 Å². The average molecular weight is 267 g/mol. The first-order valence-electron chi connectivity index (χ1n) is 6.02. The summed E-state index contributed by atoms with van der Waals surface area (Å²) in [6, 6.07) is 6.29. The van der Waals surface area contributed by atoms with Gasteiger partial charge in [0.15, 0.2) is 5.82 Å². The largest absolute Gasteiger partial charge is 0.339 e. The first kappa shape index (κ1) is 13.6. The molecule has 2 rings (SSSR count). The van der Waals surface area contributed by atoms with E-state index >= 15 is 0 Å². The van der Waals surface area contributed by atoms with Crippen LogP contribution >= 0.6 is 0 Å². The molecule has 102 valence electrons. The molecule has 0 spiro atoms. The van der Waals surface area contributed by atoms with Crippen molar-refractivity contribution in [2.45, 2.75) is 26.3 Å². The molecule has 0 atom stereocenters. The number of rotatable bonds is 6. The summed E-state index contributed by atoms with van der Waals surface area (Å²) in [5.74, 6) is 1.22. The summed E-state index contributed by atoms with van der Waals surface area (Å²) < 4.78 is 29.7. The number of hydrogen-bond acceptors (Lipinski definition) is 4.